The molecule has 132 valence electrons. The molecule has 2 rings (SSSR count). The van der Waals surface area contributed by atoms with Crippen LogP contribution in [-0.4, -0.2) is 5.78 Å². The zero-order chi connectivity index (χ0) is 18.8. The van der Waals surface area contributed by atoms with Crippen LogP contribution < -0.4 is 0 Å². The van der Waals surface area contributed by atoms with Crippen LogP contribution in [0.4, 0.5) is 5.69 Å². The van der Waals surface area contributed by atoms with E-state index in [1.807, 2.05) is 43.3 Å². The van der Waals surface area contributed by atoms with E-state index in [9.17, 15) is 4.79 Å². The second kappa shape index (κ2) is 6.91. The first-order valence-corrected chi connectivity index (χ1v) is 8.65. The Bertz CT molecular complexity index is 741. The molecule has 0 saturated heterocycles. The molecule has 0 amide bonds. The lowest BCUT2D eigenvalue weighted by atomic mass is 9.72. The summed E-state index contributed by atoms with van der Waals surface area (Å²) in [6.07, 6.45) is 5.60. The number of aryl methyl sites for hydroxylation is 1. The van der Waals surface area contributed by atoms with Gasteiger partial charge in [0.15, 0.2) is 5.78 Å². The Balaban J connectivity index is 2.39. The largest absolute Gasteiger partial charge is 0.289 e. The first-order valence-electron chi connectivity index (χ1n) is 8.65. The number of carbonyl (C=O) groups is 1. The molecular formula is C22H28N2O. The topological polar surface area (TPSA) is 41.8 Å². The summed E-state index contributed by atoms with van der Waals surface area (Å²) in [4.78, 5) is 12.9. The molecule has 25 heavy (non-hydrogen) atoms. The van der Waals surface area contributed by atoms with E-state index in [1.165, 1.54) is 5.56 Å². The predicted octanol–water partition coefficient (Wildman–Crippen LogP) is 6.49. The molecule has 0 N–H and O–H groups in total. The van der Waals surface area contributed by atoms with Gasteiger partial charge >= 0.3 is 0 Å². The number of hydrogen-bond donors (Lipinski definition) is 0. The highest BCUT2D eigenvalue weighted by Gasteiger charge is 2.33. The monoisotopic (exact) mass is 336 g/mol. The van der Waals surface area contributed by atoms with Crippen LogP contribution in [0.25, 0.3) is 0 Å². The van der Waals surface area contributed by atoms with Gasteiger partial charge in [0.25, 0.3) is 0 Å². The maximum Gasteiger partial charge on any atom is 0.186 e. The van der Waals surface area contributed by atoms with Gasteiger partial charge in [-0.15, -0.1) is 0 Å². The summed E-state index contributed by atoms with van der Waals surface area (Å²) < 4.78 is 0. The van der Waals surface area contributed by atoms with E-state index in [2.05, 4.69) is 51.8 Å². The molecule has 0 spiro atoms. The van der Waals surface area contributed by atoms with Crippen molar-refractivity contribution >= 4 is 11.5 Å². The number of carbonyl (C=O) groups excluding carboxylic acids is 1. The molecule has 0 atom stereocenters. The second-order valence-electron chi connectivity index (χ2n) is 8.63. The van der Waals surface area contributed by atoms with Gasteiger partial charge in [0, 0.05) is 11.1 Å². The molecule has 1 aromatic rings. The molecule has 0 aromatic heterocycles. The molecule has 0 saturated carbocycles. The number of Topliss-reactive ketones (excluding diaryl/α,β-unsaturated/α-hetero) is 1. The van der Waals surface area contributed by atoms with Crippen molar-refractivity contribution < 1.29 is 4.79 Å². The minimum absolute atomic E-state index is 0.132. The molecule has 0 fully saturated rings. The van der Waals surface area contributed by atoms with Gasteiger partial charge in [-0.05, 0) is 47.6 Å². The van der Waals surface area contributed by atoms with Crippen LogP contribution in [0.5, 0.6) is 0 Å². The molecule has 0 unspecified atom stereocenters. The summed E-state index contributed by atoms with van der Waals surface area (Å²) in [6.45, 7) is 14.4. The number of nitrogens with zero attached hydrogens (tertiary/aromatic N) is 2. The van der Waals surface area contributed by atoms with E-state index < -0.39 is 0 Å². The SMILES string of the molecule is Cc1ccc(N=NC=C2C=C(C(C)(C)C)C(=O)C(C(C)(C)C)=C2)cc1. The third kappa shape index (κ3) is 4.85. The average Bonchev–Trinajstić information content (AvgIpc) is 2.48. The van der Waals surface area contributed by atoms with Crippen molar-refractivity contribution in [2.45, 2.75) is 48.5 Å². The van der Waals surface area contributed by atoms with Crippen LogP contribution >= 0.6 is 0 Å². The van der Waals surface area contributed by atoms with E-state index in [0.717, 1.165) is 22.4 Å². The Morgan fingerprint density at radius 2 is 1.32 bits per heavy atom. The van der Waals surface area contributed by atoms with Gasteiger partial charge in [0.05, 0.1) is 11.9 Å². The van der Waals surface area contributed by atoms with E-state index in [4.69, 9.17) is 0 Å². The number of ketones is 1. The van der Waals surface area contributed by atoms with Crippen molar-refractivity contribution in [1.82, 2.24) is 0 Å². The van der Waals surface area contributed by atoms with Gasteiger partial charge in [-0.2, -0.15) is 10.2 Å². The maximum absolute atomic E-state index is 12.9. The number of allylic oxidation sites excluding steroid dienone is 5. The standard InChI is InChI=1S/C22H28N2O/c1-15-8-10-17(11-9-15)24-23-14-16-12-18(21(2,3)4)20(25)19(13-16)22(5,6)7/h8-14H,1-7H3. The van der Waals surface area contributed by atoms with Gasteiger partial charge in [-0.3, -0.25) is 4.79 Å². The van der Waals surface area contributed by atoms with Crippen LogP contribution in [0.2, 0.25) is 0 Å². The molecule has 0 radical (unpaired) electrons. The van der Waals surface area contributed by atoms with Gasteiger partial charge in [0.2, 0.25) is 0 Å². The highest BCUT2D eigenvalue weighted by Crippen LogP contribution is 2.38. The zero-order valence-corrected chi connectivity index (χ0v) is 16.3. The summed E-state index contributed by atoms with van der Waals surface area (Å²) in [5.74, 6) is 0.132. The molecule has 0 bridgehead atoms. The summed E-state index contributed by atoms with van der Waals surface area (Å²) in [5, 5.41) is 8.46. The van der Waals surface area contributed by atoms with Crippen LogP contribution in [0.3, 0.4) is 0 Å². The van der Waals surface area contributed by atoms with E-state index in [0.29, 0.717) is 0 Å². The fraction of sp³-hybridized carbons (Fsp3) is 0.409. The van der Waals surface area contributed by atoms with Crippen molar-refractivity contribution in [1.29, 1.82) is 0 Å². The first-order chi connectivity index (χ1) is 11.5. The number of rotatable bonds is 2. The fourth-order valence-electron chi connectivity index (χ4n) is 2.61. The summed E-state index contributed by atoms with van der Waals surface area (Å²) in [6, 6.07) is 7.90. The summed E-state index contributed by atoms with van der Waals surface area (Å²) in [5.41, 5.74) is 4.12. The number of hydrogen-bond acceptors (Lipinski definition) is 3. The predicted molar refractivity (Wildman–Crippen MR) is 104 cm³/mol. The summed E-state index contributed by atoms with van der Waals surface area (Å²) in [7, 11) is 0. The number of benzene rings is 1. The van der Waals surface area contributed by atoms with Crippen molar-refractivity contribution in [2.24, 2.45) is 21.1 Å². The Hall–Kier alpha value is -2.29. The molecule has 1 aromatic carbocycles. The normalized spacial score (nSPS) is 16.1. The van der Waals surface area contributed by atoms with Crippen molar-refractivity contribution in [3.63, 3.8) is 0 Å². The van der Waals surface area contributed by atoms with Crippen LogP contribution in [0, 0.1) is 17.8 Å². The fourth-order valence-corrected chi connectivity index (χ4v) is 2.61. The van der Waals surface area contributed by atoms with E-state index in [-0.39, 0.29) is 16.6 Å². The Labute approximate surface area is 151 Å². The summed E-state index contributed by atoms with van der Waals surface area (Å²) >= 11 is 0. The van der Waals surface area contributed by atoms with Crippen LogP contribution in [0.15, 0.2) is 69.6 Å². The molecule has 3 nitrogen and oxygen atoms in total. The Kier molecular flexibility index (Phi) is 5.26. The molecule has 1 aliphatic carbocycles. The first kappa shape index (κ1) is 19.0. The molecule has 0 heterocycles. The zero-order valence-electron chi connectivity index (χ0n) is 16.3. The molecule has 1 aliphatic rings. The lowest BCUT2D eigenvalue weighted by Gasteiger charge is -2.31. The Morgan fingerprint density at radius 3 is 1.76 bits per heavy atom. The molecular weight excluding hydrogens is 308 g/mol. The quantitative estimate of drug-likeness (QED) is 0.569. The van der Waals surface area contributed by atoms with Gasteiger partial charge in [0.1, 0.15) is 0 Å². The average molecular weight is 336 g/mol. The smallest absolute Gasteiger partial charge is 0.186 e. The van der Waals surface area contributed by atoms with Crippen LogP contribution in [0.1, 0.15) is 47.1 Å². The van der Waals surface area contributed by atoms with Crippen LogP contribution in [-0.2, 0) is 4.79 Å². The highest BCUT2D eigenvalue weighted by atomic mass is 16.1. The van der Waals surface area contributed by atoms with E-state index >= 15 is 0 Å². The lowest BCUT2D eigenvalue weighted by molar-refractivity contribution is -0.114. The molecule has 0 aliphatic heterocycles. The minimum Gasteiger partial charge on any atom is -0.289 e. The second-order valence-corrected chi connectivity index (χ2v) is 8.63. The van der Waals surface area contributed by atoms with E-state index in [1.54, 1.807) is 6.20 Å². The van der Waals surface area contributed by atoms with Crippen molar-refractivity contribution in [2.75, 3.05) is 0 Å². The molecule has 3 heteroatoms. The van der Waals surface area contributed by atoms with Crippen molar-refractivity contribution in [3.8, 4) is 0 Å². The Morgan fingerprint density at radius 1 is 0.840 bits per heavy atom. The van der Waals surface area contributed by atoms with Gasteiger partial charge < -0.3 is 0 Å². The van der Waals surface area contributed by atoms with Gasteiger partial charge in [-0.25, -0.2) is 0 Å². The highest BCUT2D eigenvalue weighted by molar-refractivity contribution is 6.11. The maximum atomic E-state index is 12.9. The third-order valence-corrected chi connectivity index (χ3v) is 4.14. The number of azo groups is 1. The van der Waals surface area contributed by atoms with Crippen molar-refractivity contribution in [3.05, 3.63) is 64.9 Å². The minimum atomic E-state index is -0.213. The van der Waals surface area contributed by atoms with Gasteiger partial charge in [-0.1, -0.05) is 59.2 Å². The third-order valence-electron chi connectivity index (χ3n) is 4.14. The lowest BCUT2D eigenvalue weighted by Crippen LogP contribution is -2.27.